The fraction of sp³-hybridized carbons (Fsp3) is 0.318. The molecule has 0 unspecified atom stereocenters. The van der Waals surface area contributed by atoms with E-state index in [2.05, 4.69) is 6.58 Å². The zero-order valence-corrected chi connectivity index (χ0v) is 15.3. The summed E-state index contributed by atoms with van der Waals surface area (Å²) < 4.78 is 38.7. The van der Waals surface area contributed by atoms with Gasteiger partial charge < -0.3 is 9.47 Å². The number of hydrogen-bond acceptors (Lipinski definition) is 3. The number of carbonyl (C=O) groups excluding carboxylic acids is 1. The van der Waals surface area contributed by atoms with Crippen LogP contribution in [0.25, 0.3) is 0 Å². The predicted molar refractivity (Wildman–Crippen MR) is 96.4 cm³/mol. The molecule has 1 aliphatic carbocycles. The maximum Gasteiger partial charge on any atom is 0.334 e. The third-order valence-electron chi connectivity index (χ3n) is 5.61. The van der Waals surface area contributed by atoms with Gasteiger partial charge in [0.2, 0.25) is 0 Å². The minimum Gasteiger partial charge on any atom is -0.489 e. The number of benzene rings is 2. The number of esters is 1. The molecule has 0 radical (unpaired) electrons. The van der Waals surface area contributed by atoms with Crippen LogP contribution in [0, 0.1) is 31.4 Å². The second-order valence-electron chi connectivity index (χ2n) is 7.23. The minimum atomic E-state index is -0.509. The lowest BCUT2D eigenvalue weighted by atomic mass is 9.76. The molecule has 0 N–H and O–H groups in total. The molecule has 1 saturated heterocycles. The lowest BCUT2D eigenvalue weighted by molar-refractivity contribution is -0.139. The largest absolute Gasteiger partial charge is 0.489 e. The lowest BCUT2D eigenvalue weighted by Gasteiger charge is -2.30. The molecule has 140 valence electrons. The summed E-state index contributed by atoms with van der Waals surface area (Å²) in [5.41, 5.74) is 4.72. The van der Waals surface area contributed by atoms with Crippen LogP contribution in [-0.2, 0) is 22.6 Å². The lowest BCUT2D eigenvalue weighted by Crippen LogP contribution is -2.20. The summed E-state index contributed by atoms with van der Waals surface area (Å²) in [5.74, 6) is -0.788. The van der Waals surface area contributed by atoms with Crippen LogP contribution in [0.1, 0.15) is 40.3 Å². The summed E-state index contributed by atoms with van der Waals surface area (Å²) in [6.45, 7) is 7.69. The molecule has 27 heavy (non-hydrogen) atoms. The predicted octanol–water partition coefficient (Wildman–Crippen LogP) is 4.88. The van der Waals surface area contributed by atoms with Gasteiger partial charge in [-0.05, 0) is 67.6 Å². The molecule has 2 atom stereocenters. The van der Waals surface area contributed by atoms with Gasteiger partial charge in [0, 0.05) is 22.6 Å². The van der Waals surface area contributed by atoms with Crippen LogP contribution in [0.4, 0.5) is 8.78 Å². The van der Waals surface area contributed by atoms with Crippen LogP contribution in [-0.4, -0.2) is 5.97 Å². The van der Waals surface area contributed by atoms with Crippen molar-refractivity contribution >= 4 is 5.97 Å². The quantitative estimate of drug-likeness (QED) is 0.571. The highest BCUT2D eigenvalue weighted by Crippen LogP contribution is 2.49. The second-order valence-corrected chi connectivity index (χ2v) is 7.23. The van der Waals surface area contributed by atoms with E-state index in [0.29, 0.717) is 11.3 Å². The third-order valence-corrected chi connectivity index (χ3v) is 5.61. The topological polar surface area (TPSA) is 35.5 Å². The van der Waals surface area contributed by atoms with Crippen LogP contribution < -0.4 is 4.74 Å². The van der Waals surface area contributed by atoms with Gasteiger partial charge in [0.05, 0.1) is 0 Å². The molecule has 2 aromatic carbocycles. The van der Waals surface area contributed by atoms with E-state index < -0.39 is 11.6 Å². The van der Waals surface area contributed by atoms with Crippen molar-refractivity contribution in [2.45, 2.75) is 39.4 Å². The Labute approximate surface area is 156 Å². The number of rotatable bonds is 3. The Kier molecular flexibility index (Phi) is 4.25. The zero-order valence-electron chi connectivity index (χ0n) is 15.3. The third kappa shape index (κ3) is 2.91. The summed E-state index contributed by atoms with van der Waals surface area (Å²) in [4.78, 5) is 12.0. The van der Waals surface area contributed by atoms with Crippen LogP contribution in [0.3, 0.4) is 0 Å². The van der Waals surface area contributed by atoms with Crippen molar-refractivity contribution < 1.29 is 23.0 Å². The first-order chi connectivity index (χ1) is 12.9. The number of hydrogen-bond donors (Lipinski definition) is 0. The van der Waals surface area contributed by atoms with Crippen molar-refractivity contribution in [1.82, 2.24) is 0 Å². The maximum absolute atomic E-state index is 13.9. The highest BCUT2D eigenvalue weighted by Gasteiger charge is 2.44. The average Bonchev–Trinajstić information content (AvgIpc) is 2.93. The van der Waals surface area contributed by atoms with Gasteiger partial charge in [0.1, 0.15) is 30.1 Å². The molecule has 1 fully saturated rings. The molecule has 0 saturated carbocycles. The summed E-state index contributed by atoms with van der Waals surface area (Å²) in [7, 11) is 0. The number of halogens is 2. The van der Waals surface area contributed by atoms with E-state index >= 15 is 0 Å². The molecule has 4 rings (SSSR count). The van der Waals surface area contributed by atoms with Crippen LogP contribution in [0.5, 0.6) is 5.75 Å². The summed E-state index contributed by atoms with van der Waals surface area (Å²) in [5, 5.41) is 0. The fourth-order valence-electron chi connectivity index (χ4n) is 4.13. The molecule has 3 nitrogen and oxygen atoms in total. The van der Waals surface area contributed by atoms with E-state index in [4.69, 9.17) is 9.47 Å². The molecule has 0 amide bonds. The number of fused-ring (bicyclic) bond motifs is 3. The number of ether oxygens (including phenoxy) is 2. The van der Waals surface area contributed by atoms with Gasteiger partial charge in [0.15, 0.2) is 0 Å². The van der Waals surface area contributed by atoms with Crippen molar-refractivity contribution in [1.29, 1.82) is 0 Å². The monoisotopic (exact) mass is 370 g/mol. The summed E-state index contributed by atoms with van der Waals surface area (Å²) in [6, 6.07) is 5.22. The Morgan fingerprint density at radius 1 is 1.26 bits per heavy atom. The normalized spacial score (nSPS) is 20.9. The fourth-order valence-corrected chi connectivity index (χ4v) is 4.13. The van der Waals surface area contributed by atoms with Crippen molar-refractivity contribution in [3.8, 4) is 5.75 Å². The van der Waals surface area contributed by atoms with E-state index in [-0.39, 0.29) is 30.2 Å². The van der Waals surface area contributed by atoms with Gasteiger partial charge in [-0.3, -0.25) is 0 Å². The smallest absolute Gasteiger partial charge is 0.334 e. The van der Waals surface area contributed by atoms with Gasteiger partial charge in [-0.1, -0.05) is 6.58 Å². The molecular formula is C22H20F2O3. The molecule has 5 heteroatoms. The number of aryl methyl sites for hydroxylation is 1. The molecule has 0 bridgehead atoms. The number of carbonyl (C=O) groups is 1. The van der Waals surface area contributed by atoms with E-state index in [0.717, 1.165) is 47.7 Å². The maximum atomic E-state index is 13.9. The van der Waals surface area contributed by atoms with E-state index in [9.17, 15) is 13.6 Å². The van der Waals surface area contributed by atoms with Crippen molar-refractivity contribution in [3.63, 3.8) is 0 Å². The van der Waals surface area contributed by atoms with Gasteiger partial charge in [-0.25, -0.2) is 13.6 Å². The molecular weight excluding hydrogens is 350 g/mol. The molecule has 2 aromatic rings. The molecule has 0 spiro atoms. The minimum absolute atomic E-state index is 0.0148. The Morgan fingerprint density at radius 2 is 2.04 bits per heavy atom. The van der Waals surface area contributed by atoms with Crippen molar-refractivity contribution in [2.75, 3.05) is 0 Å². The first kappa shape index (κ1) is 17.7. The van der Waals surface area contributed by atoms with Crippen LogP contribution in [0.15, 0.2) is 36.4 Å². The van der Waals surface area contributed by atoms with Crippen LogP contribution in [0.2, 0.25) is 0 Å². The standard InChI is InChI=1S/C22H20F2O3/c1-11-8-19(26-10-14-9-15(23)4-7-18(14)24)13(3)20-16(11)5-6-17-12(2)22(25)27-21(17)20/h4,7-9,17,21H,2,5-6,10H2,1,3H3/t17-,21+/m0/s1. The van der Waals surface area contributed by atoms with Gasteiger partial charge >= 0.3 is 5.97 Å². The zero-order chi connectivity index (χ0) is 19.3. The van der Waals surface area contributed by atoms with Gasteiger partial charge in [-0.15, -0.1) is 0 Å². The van der Waals surface area contributed by atoms with E-state index in [1.54, 1.807) is 0 Å². The van der Waals surface area contributed by atoms with Crippen molar-refractivity contribution in [3.05, 3.63) is 75.9 Å². The Bertz CT molecular complexity index is 965. The van der Waals surface area contributed by atoms with E-state index in [1.165, 1.54) is 5.56 Å². The highest BCUT2D eigenvalue weighted by molar-refractivity contribution is 5.91. The summed E-state index contributed by atoms with van der Waals surface area (Å²) in [6.07, 6.45) is 1.33. The van der Waals surface area contributed by atoms with Crippen molar-refractivity contribution in [2.24, 2.45) is 5.92 Å². The first-order valence-corrected chi connectivity index (χ1v) is 8.96. The SMILES string of the molecule is C=C1C(=O)O[C@H]2c3c(C)c(OCc4cc(F)ccc4F)cc(C)c3CC[C@@H]12. The average molecular weight is 370 g/mol. The molecule has 1 aliphatic heterocycles. The second kappa shape index (κ2) is 6.48. The Balaban J connectivity index is 1.69. The Morgan fingerprint density at radius 3 is 2.81 bits per heavy atom. The highest BCUT2D eigenvalue weighted by atomic mass is 19.1. The molecule has 1 heterocycles. The first-order valence-electron chi connectivity index (χ1n) is 8.96. The Hall–Kier alpha value is -2.69. The molecule has 2 aliphatic rings. The van der Waals surface area contributed by atoms with Crippen LogP contribution >= 0.6 is 0 Å². The van der Waals surface area contributed by atoms with Gasteiger partial charge in [0.25, 0.3) is 0 Å². The van der Waals surface area contributed by atoms with Gasteiger partial charge in [-0.2, -0.15) is 0 Å². The summed E-state index contributed by atoms with van der Waals surface area (Å²) >= 11 is 0. The molecule has 0 aromatic heterocycles. The van der Waals surface area contributed by atoms with E-state index in [1.807, 2.05) is 19.9 Å².